The molecule has 1 aromatic heterocycles. The molecule has 1 unspecified atom stereocenters. The van der Waals surface area contributed by atoms with Crippen LogP contribution in [-0.4, -0.2) is 25.1 Å². The first-order valence-electron chi connectivity index (χ1n) is 11.9. The van der Waals surface area contributed by atoms with Crippen molar-refractivity contribution in [2.45, 2.75) is 78.7 Å². The van der Waals surface area contributed by atoms with Crippen molar-refractivity contribution in [3.8, 4) is 5.75 Å². The van der Waals surface area contributed by atoms with Gasteiger partial charge in [0.2, 0.25) is 0 Å². The van der Waals surface area contributed by atoms with Gasteiger partial charge in [0.15, 0.2) is 5.78 Å². The van der Waals surface area contributed by atoms with Crippen molar-refractivity contribution in [3.05, 3.63) is 49.7 Å². The van der Waals surface area contributed by atoms with E-state index in [1.54, 1.807) is 11.3 Å². The van der Waals surface area contributed by atoms with E-state index in [0.29, 0.717) is 30.1 Å². The number of ether oxygens (including phenoxy) is 2. The molecule has 1 aromatic carbocycles. The third kappa shape index (κ3) is 3.66. The molecule has 3 nitrogen and oxygen atoms in total. The molecule has 3 atom stereocenters. The first-order chi connectivity index (χ1) is 14.8. The molecule has 0 bridgehead atoms. The number of aryl methyl sites for hydroxylation is 4. The van der Waals surface area contributed by atoms with E-state index in [-0.39, 0.29) is 6.10 Å². The number of carbonyl (C=O) groups excluding carboxylic acids is 1. The topological polar surface area (TPSA) is 38.8 Å². The summed E-state index contributed by atoms with van der Waals surface area (Å²) >= 11 is 1.74. The molecule has 2 aromatic rings. The van der Waals surface area contributed by atoms with Crippen LogP contribution in [0.25, 0.3) is 0 Å². The fourth-order valence-corrected chi connectivity index (χ4v) is 6.95. The van der Waals surface area contributed by atoms with Crippen molar-refractivity contribution >= 4 is 17.1 Å². The Labute approximate surface area is 190 Å². The zero-order valence-corrected chi connectivity index (χ0v) is 20.3. The quantitative estimate of drug-likeness (QED) is 0.352. The molecular weight excluding hydrogens is 404 g/mol. The molecule has 5 rings (SSSR count). The van der Waals surface area contributed by atoms with Crippen molar-refractivity contribution in [1.82, 2.24) is 0 Å². The molecule has 0 radical (unpaired) electrons. The second-order valence-corrected chi connectivity index (χ2v) is 11.4. The summed E-state index contributed by atoms with van der Waals surface area (Å²) in [6.45, 7) is 12.8. The minimum atomic E-state index is 0.263. The molecule has 0 amide bonds. The highest BCUT2D eigenvalue weighted by Crippen LogP contribution is 2.71. The number of hydrogen-bond acceptors (Lipinski definition) is 4. The van der Waals surface area contributed by atoms with E-state index in [9.17, 15) is 4.79 Å². The van der Waals surface area contributed by atoms with Gasteiger partial charge in [-0.2, -0.15) is 0 Å². The number of rotatable bonds is 9. The van der Waals surface area contributed by atoms with Gasteiger partial charge in [0.25, 0.3) is 0 Å². The summed E-state index contributed by atoms with van der Waals surface area (Å²) in [4.78, 5) is 15.6. The molecule has 0 spiro atoms. The molecule has 2 aliphatic carbocycles. The third-order valence-corrected chi connectivity index (χ3v) is 9.00. The molecule has 2 heterocycles. The van der Waals surface area contributed by atoms with Gasteiger partial charge in [-0.25, -0.2) is 0 Å². The molecule has 3 aliphatic rings. The Kier molecular flexibility index (Phi) is 5.29. The summed E-state index contributed by atoms with van der Waals surface area (Å²) in [5.41, 5.74) is 7.09. The second-order valence-electron chi connectivity index (χ2n) is 10.1. The monoisotopic (exact) mass is 438 g/mol. The van der Waals surface area contributed by atoms with Crippen molar-refractivity contribution in [2.24, 2.45) is 11.3 Å². The Balaban J connectivity index is 1.31. The van der Waals surface area contributed by atoms with Crippen molar-refractivity contribution < 1.29 is 14.3 Å². The average molecular weight is 439 g/mol. The van der Waals surface area contributed by atoms with Gasteiger partial charge in [0.1, 0.15) is 18.5 Å². The van der Waals surface area contributed by atoms with E-state index >= 15 is 0 Å². The molecule has 31 heavy (non-hydrogen) atoms. The van der Waals surface area contributed by atoms with Gasteiger partial charge in [0.05, 0.1) is 11.5 Å². The van der Waals surface area contributed by atoms with Crippen LogP contribution in [0.4, 0.5) is 0 Å². The molecule has 4 heteroatoms. The maximum atomic E-state index is 13.2. The first kappa shape index (κ1) is 21.2. The van der Waals surface area contributed by atoms with E-state index in [1.165, 1.54) is 32.7 Å². The lowest BCUT2D eigenvalue weighted by atomic mass is 9.93. The van der Waals surface area contributed by atoms with Crippen LogP contribution in [0, 0.1) is 18.3 Å². The van der Waals surface area contributed by atoms with E-state index in [4.69, 9.17) is 9.47 Å². The van der Waals surface area contributed by atoms with E-state index in [1.807, 2.05) is 0 Å². The largest absolute Gasteiger partial charge is 0.490 e. The van der Waals surface area contributed by atoms with Gasteiger partial charge in [-0.15, -0.1) is 11.3 Å². The van der Waals surface area contributed by atoms with Gasteiger partial charge in [0, 0.05) is 11.3 Å². The predicted molar refractivity (Wildman–Crippen MR) is 126 cm³/mol. The average Bonchev–Trinajstić information content (AvgIpc) is 3.56. The van der Waals surface area contributed by atoms with E-state index in [0.717, 1.165) is 48.8 Å². The van der Waals surface area contributed by atoms with Gasteiger partial charge < -0.3 is 9.47 Å². The van der Waals surface area contributed by atoms with Crippen molar-refractivity contribution in [3.63, 3.8) is 0 Å². The fraction of sp³-hybridized carbons (Fsp3) is 0.593. The Morgan fingerprint density at radius 2 is 1.90 bits per heavy atom. The Bertz CT molecular complexity index is 1000. The van der Waals surface area contributed by atoms with E-state index < -0.39 is 0 Å². The number of thiophene rings is 1. The maximum Gasteiger partial charge on any atom is 0.173 e. The van der Waals surface area contributed by atoms with Crippen LogP contribution in [-0.2, 0) is 30.4 Å². The molecule has 1 saturated heterocycles. The summed E-state index contributed by atoms with van der Waals surface area (Å²) in [6, 6.07) is 4.49. The van der Waals surface area contributed by atoms with Crippen LogP contribution in [0.1, 0.15) is 82.4 Å². The van der Waals surface area contributed by atoms with E-state index in [2.05, 4.69) is 46.8 Å². The second kappa shape index (κ2) is 7.74. The summed E-state index contributed by atoms with van der Waals surface area (Å²) in [5, 5.41) is 0. The summed E-state index contributed by atoms with van der Waals surface area (Å²) < 4.78 is 11.4. The normalized spacial score (nSPS) is 24.6. The highest BCUT2D eigenvalue weighted by Gasteiger charge is 2.63. The number of hydrogen-bond donors (Lipinski definition) is 0. The smallest absolute Gasteiger partial charge is 0.173 e. The molecule has 166 valence electrons. The Morgan fingerprint density at radius 1 is 1.23 bits per heavy atom. The number of fused-ring (bicyclic) bond motifs is 3. The SMILES string of the molecule is CCc1cc(CCC(=O)c2sc(C)c3c2C[C@@H]2[C@H]3C2(C)C)cc(CC)c1OCC1CO1. The van der Waals surface area contributed by atoms with Crippen LogP contribution >= 0.6 is 11.3 Å². The minimum Gasteiger partial charge on any atom is -0.490 e. The minimum absolute atomic E-state index is 0.263. The Hall–Kier alpha value is -1.65. The lowest BCUT2D eigenvalue weighted by Gasteiger charge is -2.16. The number of ketones is 1. The number of benzene rings is 1. The molecule has 2 fully saturated rings. The van der Waals surface area contributed by atoms with Gasteiger partial charge in [-0.3, -0.25) is 4.79 Å². The van der Waals surface area contributed by atoms with Crippen LogP contribution < -0.4 is 4.74 Å². The van der Waals surface area contributed by atoms with Crippen molar-refractivity contribution in [2.75, 3.05) is 13.2 Å². The third-order valence-electron chi connectivity index (χ3n) is 7.79. The van der Waals surface area contributed by atoms with Gasteiger partial charge in [-0.05, 0) is 77.7 Å². The lowest BCUT2D eigenvalue weighted by Crippen LogP contribution is -2.09. The molecule has 1 aliphatic heterocycles. The lowest BCUT2D eigenvalue weighted by molar-refractivity contribution is 0.0985. The van der Waals surface area contributed by atoms with Gasteiger partial charge in [-0.1, -0.05) is 39.8 Å². The highest BCUT2D eigenvalue weighted by molar-refractivity contribution is 7.14. The first-order valence-corrected chi connectivity index (χ1v) is 12.7. The maximum absolute atomic E-state index is 13.2. The van der Waals surface area contributed by atoms with Crippen LogP contribution in [0.2, 0.25) is 0 Å². The Morgan fingerprint density at radius 3 is 2.52 bits per heavy atom. The van der Waals surface area contributed by atoms with Crippen LogP contribution in [0.15, 0.2) is 12.1 Å². The van der Waals surface area contributed by atoms with Crippen molar-refractivity contribution in [1.29, 1.82) is 0 Å². The zero-order valence-electron chi connectivity index (χ0n) is 19.5. The zero-order chi connectivity index (χ0) is 21.9. The highest BCUT2D eigenvalue weighted by atomic mass is 32.1. The fourth-order valence-electron chi connectivity index (χ4n) is 5.75. The van der Waals surface area contributed by atoms with Crippen LogP contribution in [0.3, 0.4) is 0 Å². The number of carbonyl (C=O) groups is 1. The summed E-state index contributed by atoms with van der Waals surface area (Å²) in [7, 11) is 0. The predicted octanol–water partition coefficient (Wildman–Crippen LogP) is 6.07. The molecular formula is C27H34O3S. The molecule has 1 saturated carbocycles. The van der Waals surface area contributed by atoms with Gasteiger partial charge >= 0.3 is 0 Å². The van der Waals surface area contributed by atoms with Crippen LogP contribution in [0.5, 0.6) is 5.75 Å². The molecule has 0 N–H and O–H groups in total. The summed E-state index contributed by atoms with van der Waals surface area (Å²) in [5.74, 6) is 2.80. The number of epoxide rings is 1. The summed E-state index contributed by atoms with van der Waals surface area (Å²) in [6.07, 6.45) is 4.63. The number of Topliss-reactive ketones (excluding diaryl/α,β-unsaturated/α-hetero) is 1. The standard InChI is InChI=1S/C27H34O3S/c1-6-17-10-16(11-18(7-2)25(17)30-14-19-13-29-19)8-9-22(28)26-20-12-21-24(27(21,4)5)23(20)15(3)31-26/h10-11,19,21,24H,6-9,12-14H2,1-5H3/t19?,21-,24-/m1/s1.